The van der Waals surface area contributed by atoms with E-state index in [2.05, 4.69) is 123 Å². The molecule has 0 nitrogen and oxygen atoms in total. The first-order valence-corrected chi connectivity index (χ1v) is 13.5. The van der Waals surface area contributed by atoms with Crippen LogP contribution < -0.4 is 8.92 Å². The SMILES string of the molecule is Cc1ccccc1[Se]/C(=C(/[Se]c1ccccc1C)c1ccccc1)c1ccccc1. The Balaban J connectivity index is 1.92. The summed E-state index contributed by atoms with van der Waals surface area (Å²) in [6.45, 7) is 4.46. The van der Waals surface area contributed by atoms with Crippen LogP contribution in [-0.4, -0.2) is 29.9 Å². The summed E-state index contributed by atoms with van der Waals surface area (Å²) in [5.41, 5.74) is 5.44. The molecule has 4 aromatic rings. The van der Waals surface area contributed by atoms with Crippen LogP contribution in [0.25, 0.3) is 8.94 Å². The first-order valence-electron chi connectivity index (χ1n) is 10.0. The van der Waals surface area contributed by atoms with Gasteiger partial charge in [-0.05, 0) is 0 Å². The van der Waals surface area contributed by atoms with Crippen molar-refractivity contribution in [2.75, 3.05) is 0 Å². The van der Waals surface area contributed by atoms with Gasteiger partial charge in [0, 0.05) is 0 Å². The Hall–Kier alpha value is -2.34. The summed E-state index contributed by atoms with van der Waals surface area (Å²) in [6, 6.07) is 39.6. The van der Waals surface area contributed by atoms with Gasteiger partial charge in [-0.25, -0.2) is 0 Å². The third-order valence-corrected chi connectivity index (χ3v) is 11.1. The van der Waals surface area contributed by atoms with Crippen molar-refractivity contribution in [3.8, 4) is 0 Å². The summed E-state index contributed by atoms with van der Waals surface area (Å²) in [4.78, 5) is 0. The van der Waals surface area contributed by atoms with Crippen LogP contribution in [0.15, 0.2) is 109 Å². The number of rotatable bonds is 6. The monoisotopic (exact) mass is 520 g/mol. The van der Waals surface area contributed by atoms with Crippen LogP contribution in [-0.2, 0) is 0 Å². The summed E-state index contributed by atoms with van der Waals surface area (Å²) in [5.74, 6) is 0. The van der Waals surface area contributed by atoms with Gasteiger partial charge in [-0.15, -0.1) is 0 Å². The predicted molar refractivity (Wildman–Crippen MR) is 133 cm³/mol. The predicted octanol–water partition coefficient (Wildman–Crippen LogP) is 5.19. The molecule has 0 unspecified atom stereocenters. The van der Waals surface area contributed by atoms with E-state index in [9.17, 15) is 0 Å². The maximum atomic E-state index is 2.29. The molecule has 0 aromatic heterocycles. The molecule has 0 saturated heterocycles. The van der Waals surface area contributed by atoms with Gasteiger partial charge in [0.25, 0.3) is 0 Å². The van der Waals surface area contributed by atoms with Crippen LogP contribution in [0, 0.1) is 13.8 Å². The zero-order valence-corrected chi connectivity index (χ0v) is 20.6. The molecule has 4 aromatic carbocycles. The fourth-order valence-corrected chi connectivity index (χ4v) is 8.57. The fraction of sp³-hybridized carbons (Fsp3) is 0.0714. The van der Waals surface area contributed by atoms with Crippen molar-refractivity contribution >= 4 is 47.8 Å². The molecule has 0 aliphatic heterocycles. The molecule has 4 rings (SSSR count). The standard InChI is InChI=1S/C28H24Se2/c1-21-13-9-11-19-25(21)29-27(23-15-5-3-6-16-23)28(24-17-7-4-8-18-24)30-26-20-12-10-14-22(26)2/h3-20H,1-2H3/b28-27+. The minimum atomic E-state index is 0.225. The molecular formula is C28H24Se2. The molecule has 0 amide bonds. The second-order valence-electron chi connectivity index (χ2n) is 7.13. The molecule has 0 spiro atoms. The Morgan fingerprint density at radius 2 is 0.767 bits per heavy atom. The summed E-state index contributed by atoms with van der Waals surface area (Å²) >= 11 is 0.449. The van der Waals surface area contributed by atoms with Crippen LogP contribution >= 0.6 is 0 Å². The number of hydrogen-bond acceptors (Lipinski definition) is 0. The van der Waals surface area contributed by atoms with E-state index in [-0.39, 0.29) is 29.9 Å². The van der Waals surface area contributed by atoms with E-state index in [0.717, 1.165) is 0 Å². The molecule has 0 aliphatic carbocycles. The molecule has 30 heavy (non-hydrogen) atoms. The summed E-state index contributed by atoms with van der Waals surface area (Å²) in [5, 5.41) is 0. The van der Waals surface area contributed by atoms with Crippen molar-refractivity contribution in [3.63, 3.8) is 0 Å². The number of benzene rings is 4. The number of hydrogen-bond donors (Lipinski definition) is 0. The zero-order valence-electron chi connectivity index (χ0n) is 17.2. The van der Waals surface area contributed by atoms with Crippen molar-refractivity contribution in [2.24, 2.45) is 0 Å². The van der Waals surface area contributed by atoms with Crippen LogP contribution in [0.3, 0.4) is 0 Å². The normalized spacial score (nSPS) is 11.8. The van der Waals surface area contributed by atoms with Crippen LogP contribution in [0.4, 0.5) is 0 Å². The molecule has 0 N–H and O–H groups in total. The zero-order chi connectivity index (χ0) is 20.8. The van der Waals surface area contributed by atoms with Crippen LogP contribution in [0.5, 0.6) is 0 Å². The topological polar surface area (TPSA) is 0 Å². The molecule has 0 radical (unpaired) electrons. The van der Waals surface area contributed by atoms with E-state index in [1.807, 2.05) is 0 Å². The Morgan fingerprint density at radius 3 is 1.13 bits per heavy atom. The van der Waals surface area contributed by atoms with E-state index < -0.39 is 0 Å². The van der Waals surface area contributed by atoms with Crippen molar-refractivity contribution in [3.05, 3.63) is 131 Å². The molecule has 0 saturated carbocycles. The van der Waals surface area contributed by atoms with Gasteiger partial charge in [0.2, 0.25) is 0 Å². The Kier molecular flexibility index (Phi) is 7.05. The van der Waals surface area contributed by atoms with Crippen molar-refractivity contribution in [2.45, 2.75) is 13.8 Å². The Bertz CT molecular complexity index is 1050. The number of aryl methyl sites for hydroxylation is 2. The average molecular weight is 518 g/mol. The van der Waals surface area contributed by atoms with Gasteiger partial charge in [0.1, 0.15) is 0 Å². The summed E-state index contributed by atoms with van der Waals surface area (Å²) in [7, 11) is 0. The molecular weight excluding hydrogens is 494 g/mol. The van der Waals surface area contributed by atoms with Crippen LogP contribution in [0.1, 0.15) is 22.3 Å². The van der Waals surface area contributed by atoms with Crippen molar-refractivity contribution < 1.29 is 0 Å². The average Bonchev–Trinajstić information content (AvgIpc) is 2.80. The van der Waals surface area contributed by atoms with E-state index in [0.29, 0.717) is 0 Å². The van der Waals surface area contributed by atoms with E-state index >= 15 is 0 Å². The van der Waals surface area contributed by atoms with E-state index in [1.54, 1.807) is 0 Å². The molecule has 2 heteroatoms. The third kappa shape index (κ3) is 5.04. The fourth-order valence-electron chi connectivity index (χ4n) is 3.21. The Labute approximate surface area is 192 Å². The van der Waals surface area contributed by atoms with Gasteiger partial charge >= 0.3 is 193 Å². The molecule has 0 bridgehead atoms. The summed E-state index contributed by atoms with van der Waals surface area (Å²) < 4.78 is 5.90. The van der Waals surface area contributed by atoms with Crippen LogP contribution in [0.2, 0.25) is 0 Å². The Morgan fingerprint density at radius 1 is 0.433 bits per heavy atom. The van der Waals surface area contributed by atoms with Gasteiger partial charge in [0.15, 0.2) is 0 Å². The molecule has 148 valence electrons. The van der Waals surface area contributed by atoms with Gasteiger partial charge < -0.3 is 0 Å². The van der Waals surface area contributed by atoms with E-state index in [4.69, 9.17) is 0 Å². The summed E-state index contributed by atoms with van der Waals surface area (Å²) in [6.07, 6.45) is 0. The molecule has 0 fully saturated rings. The molecule has 0 atom stereocenters. The van der Waals surface area contributed by atoms with Crippen molar-refractivity contribution in [1.82, 2.24) is 0 Å². The third-order valence-electron chi connectivity index (χ3n) is 4.89. The maximum absolute atomic E-state index is 2.29. The second kappa shape index (κ2) is 10.1. The van der Waals surface area contributed by atoms with E-state index in [1.165, 1.54) is 40.1 Å². The first kappa shape index (κ1) is 20.9. The van der Waals surface area contributed by atoms with Gasteiger partial charge in [-0.3, -0.25) is 0 Å². The van der Waals surface area contributed by atoms with Crippen molar-refractivity contribution in [1.29, 1.82) is 0 Å². The minimum absolute atomic E-state index is 0.225. The van der Waals surface area contributed by atoms with Gasteiger partial charge in [-0.2, -0.15) is 0 Å². The molecule has 0 heterocycles. The quantitative estimate of drug-likeness (QED) is 0.244. The van der Waals surface area contributed by atoms with Gasteiger partial charge in [-0.1, -0.05) is 0 Å². The van der Waals surface area contributed by atoms with Gasteiger partial charge in [0.05, 0.1) is 0 Å². The molecule has 0 aliphatic rings. The second-order valence-corrected chi connectivity index (χ2v) is 11.5. The first-order chi connectivity index (χ1) is 14.7.